The summed E-state index contributed by atoms with van der Waals surface area (Å²) in [6.07, 6.45) is 4.67. The first kappa shape index (κ1) is 16.0. The Bertz CT molecular complexity index is 564. The lowest BCUT2D eigenvalue weighted by atomic mass is 10.0. The average molecular weight is 315 g/mol. The molecule has 2 atom stereocenters. The molecule has 2 aliphatic heterocycles. The third-order valence-corrected chi connectivity index (χ3v) is 4.73. The predicted molar refractivity (Wildman–Crippen MR) is 90.3 cm³/mol. The zero-order valence-electron chi connectivity index (χ0n) is 13.7. The van der Waals surface area contributed by atoms with Crippen molar-refractivity contribution in [1.29, 1.82) is 0 Å². The molecule has 0 aromatic heterocycles. The van der Waals surface area contributed by atoms with Gasteiger partial charge in [0.25, 0.3) is 0 Å². The van der Waals surface area contributed by atoms with Gasteiger partial charge in [-0.15, -0.1) is 0 Å². The van der Waals surface area contributed by atoms with Gasteiger partial charge in [-0.25, -0.2) is 0 Å². The maximum absolute atomic E-state index is 12.7. The van der Waals surface area contributed by atoms with E-state index in [-0.39, 0.29) is 17.9 Å². The monoisotopic (exact) mass is 315 g/mol. The molecule has 2 N–H and O–H groups in total. The first-order valence-corrected chi connectivity index (χ1v) is 8.57. The van der Waals surface area contributed by atoms with Crippen LogP contribution in [0.3, 0.4) is 0 Å². The van der Waals surface area contributed by atoms with Crippen molar-refractivity contribution < 1.29 is 9.59 Å². The zero-order valence-corrected chi connectivity index (χ0v) is 13.7. The van der Waals surface area contributed by atoms with Crippen LogP contribution in [-0.4, -0.2) is 37.0 Å². The summed E-state index contributed by atoms with van der Waals surface area (Å²) in [5.74, 6) is -0.0296. The lowest BCUT2D eigenvalue weighted by Crippen LogP contribution is -2.56. The molecule has 124 valence electrons. The molecule has 2 fully saturated rings. The van der Waals surface area contributed by atoms with Gasteiger partial charge in [-0.3, -0.25) is 9.59 Å². The zero-order chi connectivity index (χ0) is 16.2. The van der Waals surface area contributed by atoms with Gasteiger partial charge in [-0.1, -0.05) is 24.1 Å². The fraction of sp³-hybridized carbons (Fsp3) is 0.556. The van der Waals surface area contributed by atoms with Crippen molar-refractivity contribution in [3.05, 3.63) is 29.8 Å². The van der Waals surface area contributed by atoms with Crippen molar-refractivity contribution in [3.63, 3.8) is 0 Å². The van der Waals surface area contributed by atoms with Gasteiger partial charge >= 0.3 is 0 Å². The number of carbonyl (C=O) groups excluding carboxylic acids is 2. The van der Waals surface area contributed by atoms with E-state index in [4.69, 9.17) is 0 Å². The van der Waals surface area contributed by atoms with Gasteiger partial charge in [0.05, 0.1) is 6.04 Å². The van der Waals surface area contributed by atoms with Crippen LogP contribution in [0.2, 0.25) is 0 Å². The number of rotatable bonds is 3. The van der Waals surface area contributed by atoms with E-state index in [1.807, 2.05) is 31.2 Å². The second-order valence-corrected chi connectivity index (χ2v) is 6.53. The quantitative estimate of drug-likeness (QED) is 0.893. The van der Waals surface area contributed by atoms with Crippen LogP contribution < -0.4 is 15.5 Å². The smallest absolute Gasteiger partial charge is 0.249 e. The van der Waals surface area contributed by atoms with E-state index in [0.29, 0.717) is 0 Å². The Hall–Kier alpha value is -1.88. The third kappa shape index (κ3) is 3.72. The Morgan fingerprint density at radius 3 is 2.65 bits per heavy atom. The lowest BCUT2D eigenvalue weighted by Gasteiger charge is -2.34. The van der Waals surface area contributed by atoms with E-state index in [0.717, 1.165) is 50.9 Å². The minimum atomic E-state index is -0.402. The van der Waals surface area contributed by atoms with Crippen LogP contribution in [0.1, 0.15) is 37.7 Å². The topological polar surface area (TPSA) is 61.4 Å². The Morgan fingerprint density at radius 1 is 1.17 bits per heavy atom. The molecule has 0 bridgehead atoms. The Balaban J connectivity index is 1.64. The van der Waals surface area contributed by atoms with Gasteiger partial charge in [0.1, 0.15) is 6.04 Å². The van der Waals surface area contributed by atoms with Gasteiger partial charge in [0.15, 0.2) is 0 Å². The number of nitrogens with zero attached hydrogens (tertiary/aromatic N) is 1. The molecule has 2 amide bonds. The van der Waals surface area contributed by atoms with E-state index in [2.05, 4.69) is 10.6 Å². The molecule has 0 radical (unpaired) electrons. The van der Waals surface area contributed by atoms with Gasteiger partial charge < -0.3 is 15.5 Å². The second-order valence-electron chi connectivity index (χ2n) is 6.53. The second kappa shape index (κ2) is 7.13. The SMILES string of the molecule is Cc1ccc(N2CCCC(NC(=O)C3CCCCN3)C2=O)cc1. The molecule has 2 aliphatic rings. The molecule has 5 nitrogen and oxygen atoms in total. The van der Waals surface area contributed by atoms with E-state index in [1.165, 1.54) is 5.56 Å². The number of piperidine rings is 2. The van der Waals surface area contributed by atoms with E-state index >= 15 is 0 Å². The number of aryl methyl sites for hydroxylation is 1. The minimum absolute atomic E-state index is 0.00395. The van der Waals surface area contributed by atoms with Crippen LogP contribution >= 0.6 is 0 Å². The molecule has 0 saturated carbocycles. The summed E-state index contributed by atoms with van der Waals surface area (Å²) in [4.78, 5) is 26.9. The highest BCUT2D eigenvalue weighted by Crippen LogP contribution is 2.22. The highest BCUT2D eigenvalue weighted by molar-refractivity contribution is 6.00. The van der Waals surface area contributed by atoms with E-state index in [1.54, 1.807) is 4.90 Å². The predicted octanol–water partition coefficient (Wildman–Crippen LogP) is 1.75. The fourth-order valence-electron chi connectivity index (χ4n) is 3.34. The molecular formula is C18H25N3O2. The first-order valence-electron chi connectivity index (χ1n) is 8.57. The van der Waals surface area contributed by atoms with Crippen LogP contribution in [0.25, 0.3) is 0 Å². The minimum Gasteiger partial charge on any atom is -0.343 e. The molecule has 5 heteroatoms. The molecular weight excluding hydrogens is 290 g/mol. The normalized spacial score (nSPS) is 25.3. The lowest BCUT2D eigenvalue weighted by molar-refractivity contribution is -0.129. The van der Waals surface area contributed by atoms with E-state index < -0.39 is 6.04 Å². The first-order chi connectivity index (χ1) is 11.1. The summed E-state index contributed by atoms with van der Waals surface area (Å²) < 4.78 is 0. The number of hydrogen-bond acceptors (Lipinski definition) is 3. The molecule has 1 aromatic rings. The summed E-state index contributed by atoms with van der Waals surface area (Å²) in [7, 11) is 0. The Kier molecular flexibility index (Phi) is 4.96. The van der Waals surface area contributed by atoms with Crippen LogP contribution in [0.5, 0.6) is 0 Å². The summed E-state index contributed by atoms with van der Waals surface area (Å²) >= 11 is 0. The molecule has 0 spiro atoms. The molecule has 1 aromatic carbocycles. The van der Waals surface area contributed by atoms with Crippen LogP contribution in [-0.2, 0) is 9.59 Å². The number of amides is 2. The molecule has 2 saturated heterocycles. The van der Waals surface area contributed by atoms with Crippen molar-refractivity contribution in [3.8, 4) is 0 Å². The van der Waals surface area contributed by atoms with Crippen molar-refractivity contribution in [2.75, 3.05) is 18.0 Å². The van der Waals surface area contributed by atoms with Gasteiger partial charge in [0.2, 0.25) is 11.8 Å². The molecule has 2 unspecified atom stereocenters. The van der Waals surface area contributed by atoms with Crippen LogP contribution in [0, 0.1) is 6.92 Å². The van der Waals surface area contributed by atoms with Gasteiger partial charge in [0, 0.05) is 12.2 Å². The Morgan fingerprint density at radius 2 is 1.96 bits per heavy atom. The largest absolute Gasteiger partial charge is 0.343 e. The number of nitrogens with one attached hydrogen (secondary N) is 2. The Labute approximate surface area is 137 Å². The number of anilines is 1. The fourth-order valence-corrected chi connectivity index (χ4v) is 3.34. The molecule has 2 heterocycles. The summed E-state index contributed by atoms with van der Waals surface area (Å²) in [6.45, 7) is 3.63. The highest BCUT2D eigenvalue weighted by atomic mass is 16.2. The van der Waals surface area contributed by atoms with Gasteiger partial charge in [-0.05, 0) is 51.3 Å². The van der Waals surface area contributed by atoms with E-state index in [9.17, 15) is 9.59 Å². The van der Waals surface area contributed by atoms with Crippen molar-refractivity contribution in [2.45, 2.75) is 51.1 Å². The maximum atomic E-state index is 12.7. The van der Waals surface area contributed by atoms with Crippen LogP contribution in [0.15, 0.2) is 24.3 Å². The third-order valence-electron chi connectivity index (χ3n) is 4.73. The maximum Gasteiger partial charge on any atom is 0.249 e. The van der Waals surface area contributed by atoms with Crippen molar-refractivity contribution in [2.24, 2.45) is 0 Å². The number of carbonyl (C=O) groups is 2. The summed E-state index contributed by atoms with van der Waals surface area (Å²) in [6, 6.07) is 7.42. The molecule has 23 heavy (non-hydrogen) atoms. The number of benzene rings is 1. The highest BCUT2D eigenvalue weighted by Gasteiger charge is 2.32. The molecule has 3 rings (SSSR count). The molecule has 0 aliphatic carbocycles. The van der Waals surface area contributed by atoms with Gasteiger partial charge in [-0.2, -0.15) is 0 Å². The van der Waals surface area contributed by atoms with Crippen LogP contribution in [0.4, 0.5) is 5.69 Å². The van der Waals surface area contributed by atoms with Crippen molar-refractivity contribution >= 4 is 17.5 Å². The average Bonchev–Trinajstić information content (AvgIpc) is 2.58. The van der Waals surface area contributed by atoms with Crippen molar-refractivity contribution in [1.82, 2.24) is 10.6 Å². The summed E-state index contributed by atoms with van der Waals surface area (Å²) in [5, 5.41) is 6.19. The standard InChI is InChI=1S/C18H25N3O2/c1-13-7-9-14(10-8-13)21-12-4-6-16(18(21)23)20-17(22)15-5-2-3-11-19-15/h7-10,15-16,19H,2-6,11-12H2,1H3,(H,20,22). The summed E-state index contributed by atoms with van der Waals surface area (Å²) in [5.41, 5.74) is 2.08. The number of hydrogen-bond donors (Lipinski definition) is 2.